The normalized spacial score (nSPS) is 35.2. The maximum absolute atomic E-state index is 13.2. The first-order chi connectivity index (χ1) is 24.6. The largest absolute Gasteiger partial charge is 0.490 e. The Kier molecular flexibility index (Phi) is 20.0. The molecule has 0 aliphatic carbocycles. The number of allylic oxidation sites excluding steroid dienone is 3. The second-order valence-electron chi connectivity index (χ2n) is 13.6. The lowest BCUT2D eigenvalue weighted by atomic mass is 9.79. The molecule has 2 aliphatic rings. The third kappa shape index (κ3) is 15.2. The van der Waals surface area contributed by atoms with Crippen molar-refractivity contribution in [2.24, 2.45) is 29.4 Å². The fourth-order valence-corrected chi connectivity index (χ4v) is 6.16. The number of carbonyl (C=O) groups excluding carboxylic acids is 4. The summed E-state index contributed by atoms with van der Waals surface area (Å²) >= 11 is 0. The van der Waals surface area contributed by atoms with Crippen LogP contribution >= 0.6 is 0 Å². The lowest BCUT2D eigenvalue weighted by Crippen LogP contribution is -2.63. The Bertz CT molecular complexity index is 1280. The Morgan fingerprint density at radius 1 is 1.09 bits per heavy atom. The van der Waals surface area contributed by atoms with E-state index >= 15 is 0 Å². The average molecular weight is 769 g/mol. The van der Waals surface area contributed by atoms with Crippen LogP contribution < -0.4 is 5.73 Å². The molecule has 0 unspecified atom stereocenters. The monoisotopic (exact) mass is 768 g/mol. The number of nitrogens with zero attached hydrogens (tertiary/aromatic N) is 1. The SMILES string of the molecule is CC[C@H]1OC(=O)C[C@@H](O)[C@H](C)[C@@H](O[C@@H]2O[C@H](C)[C@@H](O)[C@H](N(C)C)[C@H]2O)[C@@H](CC=O)C[C@@H](C)C(=O)/C=C/C(C)=C/[C@@H]1COC(=O)CN.O=C(O)C(F)(F)F. The molecule has 0 amide bonds. The summed E-state index contributed by atoms with van der Waals surface area (Å²) in [7, 11) is 3.42. The van der Waals surface area contributed by atoms with Gasteiger partial charge in [0.15, 0.2) is 12.1 Å². The van der Waals surface area contributed by atoms with Gasteiger partial charge in [0.25, 0.3) is 0 Å². The number of alkyl halides is 3. The van der Waals surface area contributed by atoms with E-state index in [1.807, 2.05) is 0 Å². The fraction of sp³-hybridized carbons (Fsp3) is 0.743. The van der Waals surface area contributed by atoms with Crippen molar-refractivity contribution >= 4 is 30.0 Å². The maximum Gasteiger partial charge on any atom is 0.490 e. The molecule has 0 aromatic heterocycles. The first-order valence-corrected chi connectivity index (χ1v) is 17.3. The molecule has 6 N–H and O–H groups in total. The third-order valence-electron chi connectivity index (χ3n) is 9.20. The minimum atomic E-state index is -5.08. The molecule has 0 spiro atoms. The van der Waals surface area contributed by atoms with Crippen LogP contribution in [0, 0.1) is 23.7 Å². The van der Waals surface area contributed by atoms with E-state index in [0.29, 0.717) is 18.3 Å². The van der Waals surface area contributed by atoms with Gasteiger partial charge in [-0.15, -0.1) is 0 Å². The Balaban J connectivity index is 0.00000181. The number of hydrogen-bond acceptors (Lipinski definition) is 14. The van der Waals surface area contributed by atoms with Gasteiger partial charge in [0.2, 0.25) is 0 Å². The van der Waals surface area contributed by atoms with Crippen LogP contribution in [0.25, 0.3) is 0 Å². The van der Waals surface area contributed by atoms with Crippen molar-refractivity contribution in [1.82, 2.24) is 4.90 Å². The first kappa shape index (κ1) is 47.8. The van der Waals surface area contributed by atoms with Crippen molar-refractivity contribution in [3.8, 4) is 0 Å². The number of carbonyl (C=O) groups is 5. The molecule has 18 heteroatoms. The minimum absolute atomic E-state index is 0.0222. The number of aliphatic hydroxyl groups excluding tert-OH is 3. The summed E-state index contributed by atoms with van der Waals surface area (Å²) in [5, 5.41) is 40.3. The van der Waals surface area contributed by atoms with Crippen LogP contribution in [0.5, 0.6) is 0 Å². The van der Waals surface area contributed by atoms with E-state index in [0.717, 1.165) is 0 Å². The number of nitrogens with two attached hydrogens (primary N) is 1. The number of carboxylic acids is 1. The summed E-state index contributed by atoms with van der Waals surface area (Å²) in [6.45, 7) is 8.20. The van der Waals surface area contributed by atoms with Crippen LogP contribution in [0.15, 0.2) is 23.8 Å². The van der Waals surface area contributed by atoms with Gasteiger partial charge in [0, 0.05) is 24.2 Å². The van der Waals surface area contributed by atoms with Crippen molar-refractivity contribution in [1.29, 1.82) is 0 Å². The number of aliphatic hydroxyl groups is 3. The molecule has 53 heavy (non-hydrogen) atoms. The molecule has 0 aromatic carbocycles. The molecule has 0 bridgehead atoms. The summed E-state index contributed by atoms with van der Waals surface area (Å²) in [5.74, 6) is -6.77. The molecule has 2 heterocycles. The molecule has 0 aromatic rings. The van der Waals surface area contributed by atoms with Crippen LogP contribution in [-0.4, -0.2) is 138 Å². The predicted octanol–water partition coefficient (Wildman–Crippen LogP) is 1.55. The second-order valence-corrected chi connectivity index (χ2v) is 13.6. The zero-order valence-electron chi connectivity index (χ0n) is 31.1. The number of aldehydes is 1. The number of esters is 2. The van der Waals surface area contributed by atoms with Crippen LogP contribution in [-0.2, 0) is 42.9 Å². The van der Waals surface area contributed by atoms with Crippen molar-refractivity contribution in [3.05, 3.63) is 23.8 Å². The fourth-order valence-electron chi connectivity index (χ4n) is 6.16. The summed E-state index contributed by atoms with van der Waals surface area (Å²) in [4.78, 5) is 60.7. The van der Waals surface area contributed by atoms with E-state index in [4.69, 9.17) is 34.6 Å². The summed E-state index contributed by atoms with van der Waals surface area (Å²) in [6.07, 6.45) is -6.64. The van der Waals surface area contributed by atoms with Gasteiger partial charge in [-0.05, 0) is 52.8 Å². The third-order valence-corrected chi connectivity index (χ3v) is 9.20. The van der Waals surface area contributed by atoms with E-state index in [9.17, 15) is 47.7 Å². The van der Waals surface area contributed by atoms with E-state index < -0.39 is 103 Å². The summed E-state index contributed by atoms with van der Waals surface area (Å²) in [6, 6.07) is -0.732. The summed E-state index contributed by atoms with van der Waals surface area (Å²) < 4.78 is 55.0. The van der Waals surface area contributed by atoms with Crippen molar-refractivity contribution in [2.45, 2.75) is 115 Å². The van der Waals surface area contributed by atoms with Crippen LogP contribution in [0.3, 0.4) is 0 Å². The molecule has 0 radical (unpaired) electrons. The molecule has 2 rings (SSSR count). The molecular formula is C35H55F3N2O13. The van der Waals surface area contributed by atoms with Gasteiger partial charge >= 0.3 is 24.1 Å². The lowest BCUT2D eigenvalue weighted by molar-refractivity contribution is -0.304. The number of aliphatic carboxylic acids is 1. The molecule has 12 atom stereocenters. The zero-order valence-corrected chi connectivity index (χ0v) is 31.1. The average Bonchev–Trinajstić information content (AvgIpc) is 3.07. The zero-order chi connectivity index (χ0) is 40.8. The Hall–Kier alpha value is -3.26. The Morgan fingerprint density at radius 2 is 1.70 bits per heavy atom. The number of likely N-dealkylation sites (N-methyl/N-ethyl adjacent to an activating group) is 1. The van der Waals surface area contributed by atoms with Crippen molar-refractivity contribution < 1.29 is 76.5 Å². The lowest BCUT2D eigenvalue weighted by Gasteiger charge is -2.46. The Labute approximate surface area is 307 Å². The first-order valence-electron chi connectivity index (χ1n) is 17.3. The van der Waals surface area contributed by atoms with Gasteiger partial charge in [-0.3, -0.25) is 14.4 Å². The predicted molar refractivity (Wildman–Crippen MR) is 182 cm³/mol. The van der Waals surface area contributed by atoms with Gasteiger partial charge in [0.05, 0.1) is 43.4 Å². The number of carboxylic acid groups (broad SMARTS) is 1. The smallest absolute Gasteiger partial charge is 0.475 e. The number of hydrogen-bond donors (Lipinski definition) is 5. The number of rotatable bonds is 9. The van der Waals surface area contributed by atoms with Crippen molar-refractivity contribution in [3.63, 3.8) is 0 Å². The topological polar surface area (TPSA) is 232 Å². The maximum atomic E-state index is 13.2. The quantitative estimate of drug-likeness (QED) is 0.165. The Morgan fingerprint density at radius 3 is 2.21 bits per heavy atom. The van der Waals surface area contributed by atoms with Gasteiger partial charge in [0.1, 0.15) is 25.1 Å². The van der Waals surface area contributed by atoms with Gasteiger partial charge in [-0.1, -0.05) is 38.5 Å². The number of cyclic esters (lactones) is 1. The highest BCUT2D eigenvalue weighted by atomic mass is 19.4. The second kappa shape index (κ2) is 22.2. The van der Waals surface area contributed by atoms with E-state index in [2.05, 4.69) is 0 Å². The van der Waals surface area contributed by atoms with Gasteiger partial charge < -0.3 is 54.8 Å². The van der Waals surface area contributed by atoms with Crippen LogP contribution in [0.1, 0.15) is 60.3 Å². The number of ketones is 1. The summed E-state index contributed by atoms with van der Waals surface area (Å²) in [5.41, 5.74) is 6.05. The molecule has 1 fully saturated rings. The number of ether oxygens (including phenoxy) is 4. The van der Waals surface area contributed by atoms with Gasteiger partial charge in [-0.25, -0.2) is 4.79 Å². The number of halogens is 3. The van der Waals surface area contributed by atoms with Crippen LogP contribution in [0.4, 0.5) is 13.2 Å². The highest BCUT2D eigenvalue weighted by Gasteiger charge is 2.47. The van der Waals surface area contributed by atoms with Crippen molar-refractivity contribution in [2.75, 3.05) is 27.2 Å². The molecule has 15 nitrogen and oxygen atoms in total. The molecular weight excluding hydrogens is 713 g/mol. The molecule has 304 valence electrons. The van der Waals surface area contributed by atoms with Crippen LogP contribution in [0.2, 0.25) is 0 Å². The van der Waals surface area contributed by atoms with E-state index in [-0.39, 0.29) is 31.8 Å². The van der Waals surface area contributed by atoms with E-state index in [1.165, 1.54) is 6.08 Å². The highest BCUT2D eigenvalue weighted by Crippen LogP contribution is 2.34. The van der Waals surface area contributed by atoms with Gasteiger partial charge in [-0.2, -0.15) is 13.2 Å². The van der Waals surface area contributed by atoms with E-state index in [1.54, 1.807) is 65.8 Å². The molecule has 1 saturated heterocycles. The highest BCUT2D eigenvalue weighted by molar-refractivity contribution is 5.91. The molecule has 2 aliphatic heterocycles. The minimum Gasteiger partial charge on any atom is -0.475 e. The standard InChI is InChI=1S/C33H54N2O11.C2HF3O2/c1-8-26-23(17-43-28(40)16-34)13-18(2)9-10-24(37)19(3)14-22(11-12-36)32(20(4)25(38)15-27(39)45-26)46-33-31(42)29(35(6)7)30(41)21(5)44-33;3-2(4,5)1(6)7/h9-10,12-13,19-23,25-26,29-33,38,41-42H,8,11,14-17,34H2,1-7H3;(H,6,7)/b10-9+,18-13+;/t19-,20+,21-,22+,23-,25-,26-,29+,30-,31-,32-,33+;/m1./s1. The molecule has 0 saturated carbocycles.